The Balaban J connectivity index is 1.67. The lowest BCUT2D eigenvalue weighted by atomic mass is 10.1. The molecule has 126 valence electrons. The van der Waals surface area contributed by atoms with Gasteiger partial charge in [0.15, 0.2) is 6.04 Å². The largest absolute Gasteiger partial charge is 0.414 e. The molecule has 6 heteroatoms. The van der Waals surface area contributed by atoms with E-state index in [9.17, 15) is 0 Å². The number of thiophene rings is 1. The molecule has 0 amide bonds. The molecule has 3 rings (SSSR count). The van der Waals surface area contributed by atoms with E-state index in [1.165, 1.54) is 16.2 Å². The Morgan fingerprint density at radius 1 is 1.17 bits per heavy atom. The highest BCUT2D eigenvalue weighted by Gasteiger charge is 2.22. The molecule has 1 N–H and O–H groups in total. The fourth-order valence-corrected chi connectivity index (χ4v) is 3.15. The molecule has 0 aliphatic rings. The third-order valence-electron chi connectivity index (χ3n) is 4.22. The number of anilines is 1. The molecule has 0 aliphatic heterocycles. The number of aromatic nitrogens is 2. The second-order valence-corrected chi connectivity index (χ2v) is 7.18. The molecule has 0 aliphatic carbocycles. The minimum absolute atomic E-state index is 0.139. The van der Waals surface area contributed by atoms with Crippen LogP contribution in [0.4, 0.5) is 5.69 Å². The molecule has 0 radical (unpaired) electrons. The SMILES string of the molecule is C[C@H](c1nnc(-c2cccs2)o1)[NH+](C)Cc1ccc(N(C)C)cc1. The Labute approximate surface area is 146 Å². The van der Waals surface area contributed by atoms with Crippen molar-refractivity contribution in [2.75, 3.05) is 26.0 Å². The van der Waals surface area contributed by atoms with Gasteiger partial charge < -0.3 is 14.2 Å². The molecule has 2 heterocycles. The summed E-state index contributed by atoms with van der Waals surface area (Å²) in [4.78, 5) is 4.43. The summed E-state index contributed by atoms with van der Waals surface area (Å²) >= 11 is 1.61. The lowest BCUT2D eigenvalue weighted by Crippen LogP contribution is -3.07. The lowest BCUT2D eigenvalue weighted by Gasteiger charge is -2.19. The van der Waals surface area contributed by atoms with Gasteiger partial charge >= 0.3 is 0 Å². The maximum atomic E-state index is 5.86. The molecule has 0 saturated carbocycles. The van der Waals surface area contributed by atoms with Gasteiger partial charge in [0.25, 0.3) is 11.8 Å². The molecule has 5 nitrogen and oxygen atoms in total. The average Bonchev–Trinajstić information content (AvgIpc) is 3.25. The minimum Gasteiger partial charge on any atom is -0.414 e. The monoisotopic (exact) mass is 343 g/mol. The summed E-state index contributed by atoms with van der Waals surface area (Å²) in [6.45, 7) is 3.03. The van der Waals surface area contributed by atoms with E-state index in [2.05, 4.69) is 67.4 Å². The number of quaternary nitrogens is 1. The zero-order chi connectivity index (χ0) is 17.1. The van der Waals surface area contributed by atoms with Crippen LogP contribution in [-0.2, 0) is 6.54 Å². The van der Waals surface area contributed by atoms with E-state index in [0.29, 0.717) is 11.8 Å². The Morgan fingerprint density at radius 3 is 2.54 bits per heavy atom. The van der Waals surface area contributed by atoms with Crippen LogP contribution in [0.5, 0.6) is 0 Å². The number of nitrogens with one attached hydrogen (secondary N) is 1. The quantitative estimate of drug-likeness (QED) is 0.747. The summed E-state index contributed by atoms with van der Waals surface area (Å²) in [5.41, 5.74) is 2.50. The molecule has 3 aromatic rings. The first-order valence-corrected chi connectivity index (χ1v) is 8.88. The normalized spacial score (nSPS) is 13.7. The summed E-state index contributed by atoms with van der Waals surface area (Å²) in [6.07, 6.45) is 0. The standard InChI is InChI=1S/C18H22N4OS/c1-13(17-19-20-18(23-17)16-6-5-11-24-16)22(4)12-14-7-9-15(10-8-14)21(2)3/h5-11,13H,12H2,1-4H3/p+1/t13-/m1/s1. The van der Waals surface area contributed by atoms with E-state index in [1.54, 1.807) is 11.3 Å². The van der Waals surface area contributed by atoms with Gasteiger partial charge in [0.1, 0.15) is 6.54 Å². The Bertz CT molecular complexity index is 765. The van der Waals surface area contributed by atoms with E-state index in [1.807, 2.05) is 17.5 Å². The van der Waals surface area contributed by atoms with Gasteiger partial charge in [-0.2, -0.15) is 0 Å². The van der Waals surface area contributed by atoms with Crippen LogP contribution in [0.25, 0.3) is 10.8 Å². The van der Waals surface area contributed by atoms with Gasteiger partial charge in [-0.3, -0.25) is 0 Å². The van der Waals surface area contributed by atoms with Crippen molar-refractivity contribution in [3.05, 3.63) is 53.2 Å². The Kier molecular flexibility index (Phi) is 4.97. The van der Waals surface area contributed by atoms with Crippen LogP contribution in [0.2, 0.25) is 0 Å². The lowest BCUT2D eigenvalue weighted by molar-refractivity contribution is -0.925. The molecule has 0 saturated heterocycles. The van der Waals surface area contributed by atoms with Crippen LogP contribution in [0.15, 0.2) is 46.2 Å². The molecule has 0 fully saturated rings. The highest BCUT2D eigenvalue weighted by molar-refractivity contribution is 7.13. The maximum Gasteiger partial charge on any atom is 0.274 e. The molecule has 1 aromatic carbocycles. The van der Waals surface area contributed by atoms with Crippen molar-refractivity contribution >= 4 is 17.0 Å². The van der Waals surface area contributed by atoms with Crippen molar-refractivity contribution in [3.8, 4) is 10.8 Å². The molecule has 2 atom stereocenters. The molecule has 2 aromatic heterocycles. The number of hydrogen-bond acceptors (Lipinski definition) is 5. The molecule has 1 unspecified atom stereocenters. The zero-order valence-corrected chi connectivity index (χ0v) is 15.3. The van der Waals surface area contributed by atoms with Gasteiger partial charge in [0.05, 0.1) is 11.9 Å². The summed E-state index contributed by atoms with van der Waals surface area (Å²) in [6, 6.07) is 12.8. The van der Waals surface area contributed by atoms with Crippen molar-refractivity contribution < 1.29 is 9.32 Å². The van der Waals surface area contributed by atoms with Crippen LogP contribution in [0.1, 0.15) is 24.4 Å². The van der Waals surface area contributed by atoms with Gasteiger partial charge in [-0.15, -0.1) is 21.5 Å². The first-order chi connectivity index (χ1) is 11.5. The molecule has 24 heavy (non-hydrogen) atoms. The fourth-order valence-electron chi connectivity index (χ4n) is 2.51. The van der Waals surface area contributed by atoms with Crippen molar-refractivity contribution in [1.82, 2.24) is 10.2 Å². The summed E-state index contributed by atoms with van der Waals surface area (Å²) in [7, 11) is 6.25. The number of nitrogens with zero attached hydrogens (tertiary/aromatic N) is 3. The van der Waals surface area contributed by atoms with Gasteiger partial charge in [-0.25, -0.2) is 0 Å². The molecular formula is C18H23N4OS+. The molecular weight excluding hydrogens is 320 g/mol. The first-order valence-electron chi connectivity index (χ1n) is 8.00. The highest BCUT2D eigenvalue weighted by Crippen LogP contribution is 2.24. The van der Waals surface area contributed by atoms with Crippen molar-refractivity contribution in [2.24, 2.45) is 0 Å². The Hall–Kier alpha value is -2.18. The van der Waals surface area contributed by atoms with E-state index < -0.39 is 0 Å². The highest BCUT2D eigenvalue weighted by atomic mass is 32.1. The van der Waals surface area contributed by atoms with Crippen LogP contribution in [0, 0.1) is 0 Å². The minimum atomic E-state index is 0.139. The van der Waals surface area contributed by atoms with Gasteiger partial charge in [0, 0.05) is 25.3 Å². The fraction of sp³-hybridized carbons (Fsp3) is 0.333. The third kappa shape index (κ3) is 3.66. The number of hydrogen-bond donors (Lipinski definition) is 1. The van der Waals surface area contributed by atoms with Crippen molar-refractivity contribution in [2.45, 2.75) is 19.5 Å². The predicted octanol–water partition coefficient (Wildman–Crippen LogP) is 2.64. The predicted molar refractivity (Wildman–Crippen MR) is 97.4 cm³/mol. The van der Waals surface area contributed by atoms with Crippen LogP contribution < -0.4 is 9.80 Å². The van der Waals surface area contributed by atoms with E-state index in [0.717, 1.165) is 11.4 Å². The first kappa shape index (κ1) is 16.7. The molecule has 0 bridgehead atoms. The summed E-state index contributed by atoms with van der Waals surface area (Å²) in [5, 5.41) is 10.4. The van der Waals surface area contributed by atoms with Crippen LogP contribution in [-0.4, -0.2) is 31.3 Å². The van der Waals surface area contributed by atoms with Gasteiger partial charge in [0.2, 0.25) is 0 Å². The third-order valence-corrected chi connectivity index (χ3v) is 5.08. The van der Waals surface area contributed by atoms with Crippen molar-refractivity contribution in [3.63, 3.8) is 0 Å². The van der Waals surface area contributed by atoms with Gasteiger partial charge in [-0.1, -0.05) is 18.2 Å². The summed E-state index contributed by atoms with van der Waals surface area (Å²) < 4.78 is 5.86. The second-order valence-electron chi connectivity index (χ2n) is 6.23. The Morgan fingerprint density at radius 2 is 1.92 bits per heavy atom. The topological polar surface area (TPSA) is 46.6 Å². The molecule has 0 spiro atoms. The van der Waals surface area contributed by atoms with Crippen LogP contribution in [0.3, 0.4) is 0 Å². The number of benzene rings is 1. The number of rotatable bonds is 6. The zero-order valence-electron chi connectivity index (χ0n) is 14.5. The summed E-state index contributed by atoms with van der Waals surface area (Å²) in [5.74, 6) is 1.29. The van der Waals surface area contributed by atoms with E-state index >= 15 is 0 Å². The van der Waals surface area contributed by atoms with Gasteiger partial charge in [-0.05, 0) is 30.5 Å². The smallest absolute Gasteiger partial charge is 0.274 e. The van der Waals surface area contributed by atoms with E-state index in [-0.39, 0.29) is 6.04 Å². The second kappa shape index (κ2) is 7.15. The van der Waals surface area contributed by atoms with Crippen LogP contribution >= 0.6 is 11.3 Å². The maximum absolute atomic E-state index is 5.86. The van der Waals surface area contributed by atoms with E-state index in [4.69, 9.17) is 4.42 Å². The van der Waals surface area contributed by atoms with Crippen molar-refractivity contribution in [1.29, 1.82) is 0 Å². The average molecular weight is 343 g/mol.